The van der Waals surface area contributed by atoms with E-state index in [9.17, 15) is 0 Å². The molecule has 18 heavy (non-hydrogen) atoms. The zero-order valence-electron chi connectivity index (χ0n) is 9.89. The third-order valence-corrected chi connectivity index (χ3v) is 2.76. The third-order valence-electron chi connectivity index (χ3n) is 2.41. The van der Waals surface area contributed by atoms with Gasteiger partial charge in [0.15, 0.2) is 0 Å². The molecule has 1 N–H and O–H groups in total. The molecule has 2 aromatic rings. The van der Waals surface area contributed by atoms with Gasteiger partial charge in [0.2, 0.25) is 5.82 Å². The van der Waals surface area contributed by atoms with E-state index in [0.717, 1.165) is 12.4 Å². The topological polar surface area (TPSA) is 66.5 Å². The van der Waals surface area contributed by atoms with Gasteiger partial charge in [0, 0.05) is 18.9 Å². The van der Waals surface area contributed by atoms with Gasteiger partial charge in [0.1, 0.15) is 11.9 Å². The van der Waals surface area contributed by atoms with Gasteiger partial charge in [-0.1, -0.05) is 11.6 Å². The summed E-state index contributed by atoms with van der Waals surface area (Å²) in [5.74, 6) is 1.12. The van der Waals surface area contributed by atoms with Crippen LogP contribution < -0.4 is 5.32 Å². The monoisotopic (exact) mass is 261 g/mol. The number of hydrogen-bond acceptors (Lipinski definition) is 4. The van der Waals surface area contributed by atoms with Gasteiger partial charge in [0.05, 0.1) is 17.3 Å². The lowest BCUT2D eigenvalue weighted by Crippen LogP contribution is -2.07. The van der Waals surface area contributed by atoms with Crippen LogP contribution in [0.15, 0.2) is 24.5 Å². The normalized spacial score (nSPS) is 10.1. The van der Waals surface area contributed by atoms with E-state index in [-0.39, 0.29) is 0 Å². The molecule has 0 spiro atoms. The molecule has 0 amide bonds. The Kier molecular flexibility index (Phi) is 3.80. The Hall–Kier alpha value is -2.06. The van der Waals surface area contributed by atoms with Crippen LogP contribution in [-0.4, -0.2) is 21.1 Å². The smallest absolute Gasteiger partial charge is 0.213 e. The number of nitrogens with one attached hydrogen (secondary N) is 1. The van der Waals surface area contributed by atoms with Crippen LogP contribution in [0, 0.1) is 11.3 Å². The van der Waals surface area contributed by atoms with Crippen molar-refractivity contribution in [1.29, 1.82) is 5.26 Å². The summed E-state index contributed by atoms with van der Waals surface area (Å²) >= 11 is 6.10. The lowest BCUT2D eigenvalue weighted by molar-refractivity contribution is 0.761. The summed E-state index contributed by atoms with van der Waals surface area (Å²) in [5.41, 5.74) is 0.713. The van der Waals surface area contributed by atoms with Crippen LogP contribution >= 0.6 is 11.6 Å². The van der Waals surface area contributed by atoms with E-state index < -0.39 is 0 Å². The van der Waals surface area contributed by atoms with Crippen LogP contribution in [0.4, 0.5) is 5.82 Å². The van der Waals surface area contributed by atoms with Gasteiger partial charge in [-0.2, -0.15) is 5.26 Å². The van der Waals surface area contributed by atoms with E-state index in [4.69, 9.17) is 16.9 Å². The molecule has 0 radical (unpaired) electrons. The second-order valence-electron chi connectivity index (χ2n) is 3.65. The molecule has 0 fully saturated rings. The first-order chi connectivity index (χ1) is 8.74. The highest BCUT2D eigenvalue weighted by Crippen LogP contribution is 2.18. The molecular formula is C12H12ClN5. The van der Waals surface area contributed by atoms with Crippen molar-refractivity contribution in [3.8, 4) is 6.07 Å². The molecule has 0 aliphatic rings. The van der Waals surface area contributed by atoms with Crippen LogP contribution in [0.3, 0.4) is 0 Å². The third kappa shape index (κ3) is 2.60. The van der Waals surface area contributed by atoms with E-state index in [1.807, 2.05) is 19.1 Å². The van der Waals surface area contributed by atoms with Crippen LogP contribution in [0.25, 0.3) is 0 Å². The van der Waals surface area contributed by atoms with E-state index in [1.54, 1.807) is 23.0 Å². The van der Waals surface area contributed by atoms with Crippen molar-refractivity contribution in [1.82, 2.24) is 14.5 Å². The Balaban J connectivity index is 2.28. The van der Waals surface area contributed by atoms with Crippen molar-refractivity contribution in [2.75, 3.05) is 11.9 Å². The Labute approximate surface area is 110 Å². The molecule has 5 nitrogen and oxygen atoms in total. The van der Waals surface area contributed by atoms with Crippen molar-refractivity contribution in [2.24, 2.45) is 0 Å². The van der Waals surface area contributed by atoms with Gasteiger partial charge < -0.3 is 9.88 Å². The lowest BCUT2D eigenvalue weighted by Gasteiger charge is -2.08. The van der Waals surface area contributed by atoms with Crippen molar-refractivity contribution >= 4 is 17.4 Å². The standard InChI is InChI=1S/C12H12ClN5/c1-2-15-11-4-3-9(13)10(17-11)8-18-6-5-16-12(18)7-14/h3-6H,2,8H2,1H3,(H,15,17). The number of pyridine rings is 1. The quantitative estimate of drug-likeness (QED) is 0.917. The molecule has 0 aliphatic carbocycles. The Bertz CT molecular complexity index is 584. The molecule has 0 aliphatic heterocycles. The predicted molar refractivity (Wildman–Crippen MR) is 69.5 cm³/mol. The number of nitrogens with zero attached hydrogens (tertiary/aromatic N) is 4. The van der Waals surface area contributed by atoms with Crippen LogP contribution in [-0.2, 0) is 6.54 Å². The van der Waals surface area contributed by atoms with Gasteiger partial charge in [-0.15, -0.1) is 0 Å². The maximum atomic E-state index is 8.89. The number of halogens is 1. The summed E-state index contributed by atoms with van der Waals surface area (Å²) in [6.07, 6.45) is 3.32. The van der Waals surface area contributed by atoms with Crippen molar-refractivity contribution in [3.05, 3.63) is 41.1 Å². The molecule has 92 valence electrons. The molecule has 0 aromatic carbocycles. The highest BCUT2D eigenvalue weighted by Gasteiger charge is 2.07. The molecule has 0 saturated carbocycles. The lowest BCUT2D eigenvalue weighted by atomic mass is 10.3. The fraction of sp³-hybridized carbons (Fsp3) is 0.250. The maximum absolute atomic E-state index is 8.89. The number of nitriles is 1. The van der Waals surface area contributed by atoms with Crippen LogP contribution in [0.1, 0.15) is 18.4 Å². The molecule has 0 saturated heterocycles. The highest BCUT2D eigenvalue weighted by atomic mass is 35.5. The maximum Gasteiger partial charge on any atom is 0.213 e. The second kappa shape index (κ2) is 5.52. The van der Waals surface area contributed by atoms with E-state index >= 15 is 0 Å². The first-order valence-corrected chi connectivity index (χ1v) is 5.93. The molecule has 0 atom stereocenters. The molecule has 0 unspecified atom stereocenters. The average Bonchev–Trinajstić information content (AvgIpc) is 2.81. The largest absolute Gasteiger partial charge is 0.370 e. The first kappa shape index (κ1) is 12.4. The van der Waals surface area contributed by atoms with Gasteiger partial charge in [-0.25, -0.2) is 9.97 Å². The van der Waals surface area contributed by atoms with Crippen molar-refractivity contribution in [2.45, 2.75) is 13.5 Å². The number of rotatable bonds is 4. The average molecular weight is 262 g/mol. The Morgan fingerprint density at radius 3 is 3.06 bits per heavy atom. The zero-order valence-corrected chi connectivity index (χ0v) is 10.6. The highest BCUT2D eigenvalue weighted by molar-refractivity contribution is 6.31. The van der Waals surface area contributed by atoms with Gasteiger partial charge in [-0.05, 0) is 19.1 Å². The molecule has 0 bridgehead atoms. The summed E-state index contributed by atoms with van der Waals surface area (Å²) < 4.78 is 1.71. The van der Waals surface area contributed by atoms with E-state index in [0.29, 0.717) is 23.1 Å². The molecule has 2 aromatic heterocycles. The fourth-order valence-corrected chi connectivity index (χ4v) is 1.75. The van der Waals surface area contributed by atoms with Crippen LogP contribution in [0.5, 0.6) is 0 Å². The molecular weight excluding hydrogens is 250 g/mol. The summed E-state index contributed by atoms with van der Waals surface area (Å²) in [6, 6.07) is 5.64. The molecule has 2 heterocycles. The van der Waals surface area contributed by atoms with Crippen molar-refractivity contribution in [3.63, 3.8) is 0 Å². The fourth-order valence-electron chi connectivity index (χ4n) is 1.59. The number of imidazole rings is 1. The SMILES string of the molecule is CCNc1ccc(Cl)c(Cn2ccnc2C#N)n1. The van der Waals surface area contributed by atoms with Gasteiger partial charge in [0.25, 0.3) is 0 Å². The summed E-state index contributed by atoms with van der Waals surface area (Å²) in [4.78, 5) is 8.35. The number of hydrogen-bond donors (Lipinski definition) is 1. The minimum absolute atomic E-state index is 0.349. The zero-order chi connectivity index (χ0) is 13.0. The minimum Gasteiger partial charge on any atom is -0.370 e. The van der Waals surface area contributed by atoms with Gasteiger partial charge >= 0.3 is 0 Å². The molecule has 2 rings (SSSR count). The minimum atomic E-state index is 0.349. The van der Waals surface area contributed by atoms with Crippen LogP contribution in [0.2, 0.25) is 5.02 Å². The predicted octanol–water partition coefficient (Wildman–Crippen LogP) is 2.28. The Morgan fingerprint density at radius 2 is 2.33 bits per heavy atom. The van der Waals surface area contributed by atoms with Crippen molar-refractivity contribution < 1.29 is 0 Å². The molecule has 6 heteroatoms. The summed E-state index contributed by atoms with van der Waals surface area (Å²) in [5, 5.41) is 12.6. The van der Waals surface area contributed by atoms with Gasteiger partial charge in [-0.3, -0.25) is 0 Å². The second-order valence-corrected chi connectivity index (χ2v) is 4.05. The number of anilines is 1. The van der Waals surface area contributed by atoms with E-state index in [1.165, 1.54) is 0 Å². The summed E-state index contributed by atoms with van der Waals surface area (Å²) in [6.45, 7) is 3.23. The number of aromatic nitrogens is 3. The Morgan fingerprint density at radius 1 is 1.50 bits per heavy atom. The first-order valence-electron chi connectivity index (χ1n) is 5.55. The summed E-state index contributed by atoms with van der Waals surface area (Å²) in [7, 11) is 0. The van der Waals surface area contributed by atoms with E-state index in [2.05, 4.69) is 15.3 Å².